The molecule has 0 fully saturated rings. The van der Waals surface area contributed by atoms with Crippen LogP contribution in [-0.2, 0) is 27.3 Å². The molecule has 0 saturated carbocycles. The van der Waals surface area contributed by atoms with Crippen LogP contribution >= 0.6 is 22.9 Å². The van der Waals surface area contributed by atoms with Gasteiger partial charge < -0.3 is 24.7 Å². The number of rotatable bonds is 11. The van der Waals surface area contributed by atoms with Crippen molar-refractivity contribution >= 4 is 45.8 Å². The lowest BCUT2D eigenvalue weighted by atomic mass is 10.2. The third-order valence-corrected chi connectivity index (χ3v) is 5.61. The number of nitrogens with one attached hydrogen (secondary N) is 2. The Labute approximate surface area is 199 Å². The van der Waals surface area contributed by atoms with Gasteiger partial charge in [0.1, 0.15) is 12.3 Å². The second-order valence-corrected chi connectivity index (χ2v) is 8.19. The van der Waals surface area contributed by atoms with E-state index in [9.17, 15) is 14.4 Å². The number of hydrogen-bond acceptors (Lipinski definition) is 7. The van der Waals surface area contributed by atoms with Crippen LogP contribution in [0.4, 0.5) is 5.13 Å². The maximum absolute atomic E-state index is 12.9. The largest absolute Gasteiger partial charge is 0.467 e. The van der Waals surface area contributed by atoms with Gasteiger partial charge in [-0.05, 0) is 24.3 Å². The van der Waals surface area contributed by atoms with Gasteiger partial charge in [-0.2, -0.15) is 0 Å². The Balaban J connectivity index is 1.54. The number of hydrogen-bond donors (Lipinski definition) is 2. The Hall–Kier alpha value is -3.21. The van der Waals surface area contributed by atoms with Crippen molar-refractivity contribution in [2.75, 3.05) is 32.1 Å². The van der Waals surface area contributed by atoms with Crippen LogP contribution in [0.15, 0.2) is 52.5 Å². The fourth-order valence-corrected chi connectivity index (χ4v) is 3.81. The number of carbonyl (C=O) groups is 3. The third-order valence-electron chi connectivity index (χ3n) is 4.47. The summed E-state index contributed by atoms with van der Waals surface area (Å²) in [5.41, 5.74) is 0.829. The zero-order chi connectivity index (χ0) is 23.6. The zero-order valence-electron chi connectivity index (χ0n) is 17.9. The molecular formula is C22H23ClN4O5S. The molecule has 9 nitrogen and oxygen atoms in total. The van der Waals surface area contributed by atoms with E-state index in [0.29, 0.717) is 27.2 Å². The molecule has 3 amide bonds. The fraction of sp³-hybridized carbons (Fsp3) is 0.273. The number of methoxy groups -OCH3 is 1. The minimum absolute atomic E-state index is 0.0675. The predicted octanol–water partition coefficient (Wildman–Crippen LogP) is 2.98. The van der Waals surface area contributed by atoms with Crippen molar-refractivity contribution in [3.05, 3.63) is 70.1 Å². The number of ether oxygens (including phenoxy) is 1. The Kier molecular flexibility index (Phi) is 8.99. The van der Waals surface area contributed by atoms with Crippen LogP contribution in [0.3, 0.4) is 0 Å². The molecule has 0 aliphatic heterocycles. The number of benzene rings is 1. The molecule has 0 aliphatic carbocycles. The molecule has 2 heterocycles. The fourth-order valence-electron chi connectivity index (χ4n) is 2.86. The van der Waals surface area contributed by atoms with Crippen molar-refractivity contribution in [2.45, 2.75) is 13.0 Å². The maximum Gasteiger partial charge on any atom is 0.255 e. The number of aromatic nitrogens is 1. The number of halogens is 1. The molecule has 0 atom stereocenters. The number of thiazole rings is 1. The minimum atomic E-state index is -0.422. The SMILES string of the molecule is COCCN(CC(=O)Nc1nc(CC(=O)NCc2ccco2)cs1)C(=O)c1ccccc1Cl. The first kappa shape index (κ1) is 24.4. The van der Waals surface area contributed by atoms with Crippen LogP contribution in [0.1, 0.15) is 21.8 Å². The summed E-state index contributed by atoms with van der Waals surface area (Å²) < 4.78 is 10.2. The second kappa shape index (κ2) is 12.1. The molecule has 1 aromatic carbocycles. The van der Waals surface area contributed by atoms with E-state index in [1.54, 1.807) is 41.8 Å². The van der Waals surface area contributed by atoms with Crippen LogP contribution in [0.25, 0.3) is 0 Å². The van der Waals surface area contributed by atoms with E-state index in [0.717, 1.165) is 0 Å². The van der Waals surface area contributed by atoms with E-state index in [-0.39, 0.29) is 44.5 Å². The third kappa shape index (κ3) is 7.41. The van der Waals surface area contributed by atoms with Gasteiger partial charge in [0.2, 0.25) is 11.8 Å². The molecule has 33 heavy (non-hydrogen) atoms. The molecule has 174 valence electrons. The summed E-state index contributed by atoms with van der Waals surface area (Å²) >= 11 is 7.33. The van der Waals surface area contributed by atoms with Crippen LogP contribution in [-0.4, -0.2) is 54.4 Å². The number of carbonyl (C=O) groups excluding carboxylic acids is 3. The van der Waals surface area contributed by atoms with E-state index in [2.05, 4.69) is 15.6 Å². The Morgan fingerprint density at radius 2 is 2.00 bits per heavy atom. The topological polar surface area (TPSA) is 114 Å². The Morgan fingerprint density at radius 3 is 2.73 bits per heavy atom. The molecule has 0 saturated heterocycles. The number of furan rings is 1. The predicted molar refractivity (Wildman–Crippen MR) is 124 cm³/mol. The van der Waals surface area contributed by atoms with E-state index < -0.39 is 5.91 Å². The number of amides is 3. The molecular weight excluding hydrogens is 468 g/mol. The highest BCUT2D eigenvalue weighted by Crippen LogP contribution is 2.18. The lowest BCUT2D eigenvalue weighted by molar-refractivity contribution is -0.120. The van der Waals surface area contributed by atoms with Crippen molar-refractivity contribution in [3.63, 3.8) is 0 Å². The molecule has 0 aliphatic rings. The standard InChI is InChI=1S/C22H23ClN4O5S/c1-31-10-8-27(21(30)17-6-2-3-7-18(17)23)13-20(29)26-22-25-15(14-33-22)11-19(28)24-12-16-5-4-9-32-16/h2-7,9,14H,8,10-13H2,1H3,(H,24,28)(H,25,26,29). The van der Waals surface area contributed by atoms with Crippen molar-refractivity contribution in [3.8, 4) is 0 Å². The summed E-state index contributed by atoms with van der Waals surface area (Å²) in [4.78, 5) is 43.2. The lowest BCUT2D eigenvalue weighted by Crippen LogP contribution is -2.40. The van der Waals surface area contributed by atoms with Crippen molar-refractivity contribution in [1.82, 2.24) is 15.2 Å². The molecule has 0 bridgehead atoms. The lowest BCUT2D eigenvalue weighted by Gasteiger charge is -2.22. The van der Waals surface area contributed by atoms with Crippen molar-refractivity contribution in [2.24, 2.45) is 0 Å². The molecule has 2 N–H and O–H groups in total. The van der Waals surface area contributed by atoms with Crippen LogP contribution in [0, 0.1) is 0 Å². The molecule has 2 aromatic heterocycles. The Bertz CT molecular complexity index is 1090. The van der Waals surface area contributed by atoms with E-state index in [4.69, 9.17) is 20.8 Å². The van der Waals surface area contributed by atoms with Gasteiger partial charge in [-0.15, -0.1) is 11.3 Å². The second-order valence-electron chi connectivity index (χ2n) is 6.92. The molecule has 3 rings (SSSR count). The van der Waals surface area contributed by atoms with E-state index >= 15 is 0 Å². The first-order chi connectivity index (χ1) is 16.0. The first-order valence-electron chi connectivity index (χ1n) is 10.0. The number of nitrogens with zero attached hydrogens (tertiary/aromatic N) is 2. The smallest absolute Gasteiger partial charge is 0.255 e. The van der Waals surface area contributed by atoms with Gasteiger partial charge in [0.15, 0.2) is 5.13 Å². The van der Waals surface area contributed by atoms with Crippen molar-refractivity contribution in [1.29, 1.82) is 0 Å². The highest BCUT2D eigenvalue weighted by Gasteiger charge is 2.21. The average molecular weight is 491 g/mol. The van der Waals surface area contributed by atoms with Gasteiger partial charge in [-0.25, -0.2) is 4.98 Å². The van der Waals surface area contributed by atoms with Gasteiger partial charge in [-0.1, -0.05) is 23.7 Å². The summed E-state index contributed by atoms with van der Waals surface area (Å²) in [6, 6.07) is 10.2. The maximum atomic E-state index is 12.9. The van der Waals surface area contributed by atoms with Gasteiger partial charge in [0.25, 0.3) is 5.91 Å². The molecule has 3 aromatic rings. The van der Waals surface area contributed by atoms with Crippen LogP contribution < -0.4 is 10.6 Å². The summed E-state index contributed by atoms with van der Waals surface area (Å²) in [5.74, 6) is -0.361. The molecule has 0 unspecified atom stereocenters. The quantitative estimate of drug-likeness (QED) is 0.427. The molecule has 0 radical (unpaired) electrons. The first-order valence-corrected chi connectivity index (χ1v) is 11.3. The summed E-state index contributed by atoms with van der Waals surface area (Å²) in [6.45, 7) is 0.563. The number of anilines is 1. The van der Waals surface area contributed by atoms with Gasteiger partial charge >= 0.3 is 0 Å². The Morgan fingerprint density at radius 1 is 1.18 bits per heavy atom. The monoisotopic (exact) mass is 490 g/mol. The summed E-state index contributed by atoms with van der Waals surface area (Å²) in [6.07, 6.45) is 1.60. The zero-order valence-corrected chi connectivity index (χ0v) is 19.4. The van der Waals surface area contributed by atoms with Crippen LogP contribution in [0.2, 0.25) is 5.02 Å². The normalized spacial score (nSPS) is 10.6. The van der Waals surface area contributed by atoms with E-state index in [1.807, 2.05) is 0 Å². The highest BCUT2D eigenvalue weighted by atomic mass is 35.5. The van der Waals surface area contributed by atoms with E-state index in [1.165, 1.54) is 29.6 Å². The molecule has 0 spiro atoms. The van der Waals surface area contributed by atoms with Gasteiger partial charge in [0, 0.05) is 19.0 Å². The summed E-state index contributed by atoms with van der Waals surface area (Å²) in [7, 11) is 1.51. The highest BCUT2D eigenvalue weighted by molar-refractivity contribution is 7.13. The summed E-state index contributed by atoms with van der Waals surface area (Å²) in [5, 5.41) is 7.75. The molecule has 11 heteroatoms. The minimum Gasteiger partial charge on any atom is -0.467 e. The van der Waals surface area contributed by atoms with Crippen LogP contribution in [0.5, 0.6) is 0 Å². The average Bonchev–Trinajstić information content (AvgIpc) is 3.47. The van der Waals surface area contributed by atoms with Gasteiger partial charge in [-0.3, -0.25) is 14.4 Å². The van der Waals surface area contributed by atoms with Gasteiger partial charge in [0.05, 0.1) is 42.1 Å². The van der Waals surface area contributed by atoms with Crippen molar-refractivity contribution < 1.29 is 23.5 Å².